The molecule has 0 unspecified atom stereocenters. The maximum atomic E-state index is 12.4. The van der Waals surface area contributed by atoms with E-state index in [1.165, 1.54) is 18.2 Å². The number of fused-ring (bicyclic) bond motifs is 2. The molecule has 0 radical (unpaired) electrons. The average molecular weight is 282 g/mol. The molecule has 0 saturated carbocycles. The maximum absolute atomic E-state index is 12.4. The molecular weight excluding hydrogens is 276 g/mol. The summed E-state index contributed by atoms with van der Waals surface area (Å²) >= 11 is 0. The lowest BCUT2D eigenvalue weighted by Gasteiger charge is -2.17. The van der Waals surface area contributed by atoms with E-state index in [0.29, 0.717) is 0 Å². The Labute approximate surface area is 117 Å². The molecule has 0 saturated heterocycles. The third kappa shape index (κ3) is 1.68. The molecule has 7 nitrogen and oxygen atoms in total. The van der Waals surface area contributed by atoms with E-state index in [4.69, 9.17) is 0 Å². The fraction of sp³-hybridized carbons (Fsp3) is 0. The molecular formula is C14H6N2O5. The van der Waals surface area contributed by atoms with Gasteiger partial charge in [0.25, 0.3) is 5.69 Å². The zero-order valence-electron chi connectivity index (χ0n) is 10.4. The van der Waals surface area contributed by atoms with Crippen LogP contribution < -0.4 is 0 Å². The minimum absolute atomic E-state index is 0.0427. The molecule has 7 heteroatoms. The van der Waals surface area contributed by atoms with Crippen molar-refractivity contribution in [3.05, 3.63) is 73.7 Å². The highest BCUT2D eigenvalue weighted by Gasteiger charge is 2.35. The second kappa shape index (κ2) is 4.41. The van der Waals surface area contributed by atoms with Crippen LogP contribution in [-0.2, 0) is 0 Å². The molecule has 102 valence electrons. The Hall–Kier alpha value is -3.22. The molecule has 1 aliphatic rings. The number of nitroso groups, excluding NO2 is 1. The number of rotatable bonds is 2. The number of ketones is 2. The van der Waals surface area contributed by atoms with E-state index in [1.54, 1.807) is 12.1 Å². The van der Waals surface area contributed by atoms with Gasteiger partial charge in [0.15, 0.2) is 17.3 Å². The van der Waals surface area contributed by atoms with Crippen molar-refractivity contribution in [2.24, 2.45) is 5.18 Å². The normalized spacial score (nSPS) is 12.6. The number of nitrogens with zero attached hydrogens (tertiary/aromatic N) is 2. The second-order valence-electron chi connectivity index (χ2n) is 4.41. The smallest absolute Gasteiger partial charge is 0.289 e. The lowest BCUT2D eigenvalue weighted by molar-refractivity contribution is -0.384. The van der Waals surface area contributed by atoms with Crippen LogP contribution in [0.3, 0.4) is 0 Å². The summed E-state index contributed by atoms with van der Waals surface area (Å²) in [5.74, 6) is -1.07. The number of hydrogen-bond acceptors (Lipinski definition) is 6. The van der Waals surface area contributed by atoms with Gasteiger partial charge in [-0.1, -0.05) is 24.3 Å². The first-order valence-electron chi connectivity index (χ1n) is 5.89. The van der Waals surface area contributed by atoms with Gasteiger partial charge in [-0.15, -0.1) is 4.91 Å². The van der Waals surface area contributed by atoms with Gasteiger partial charge in [0.1, 0.15) is 0 Å². The van der Waals surface area contributed by atoms with Crippen molar-refractivity contribution in [1.29, 1.82) is 0 Å². The highest BCUT2D eigenvalue weighted by Crippen LogP contribution is 2.38. The summed E-state index contributed by atoms with van der Waals surface area (Å²) < 4.78 is 0. The van der Waals surface area contributed by atoms with Crippen LogP contribution in [0, 0.1) is 15.0 Å². The van der Waals surface area contributed by atoms with Crippen molar-refractivity contribution in [2.45, 2.75) is 0 Å². The van der Waals surface area contributed by atoms with Gasteiger partial charge in [-0.2, -0.15) is 0 Å². The number of hydrogen-bond donors (Lipinski definition) is 0. The SMILES string of the molecule is O=Nc1c([N+](=O)[O-])ccc2c1C(=O)c1ccccc1C2=O. The van der Waals surface area contributed by atoms with E-state index < -0.39 is 27.9 Å². The van der Waals surface area contributed by atoms with Crippen molar-refractivity contribution in [3.63, 3.8) is 0 Å². The highest BCUT2D eigenvalue weighted by atomic mass is 16.6. The summed E-state index contributed by atoms with van der Waals surface area (Å²) in [7, 11) is 0. The Morgan fingerprint density at radius 3 is 2.10 bits per heavy atom. The van der Waals surface area contributed by atoms with Gasteiger partial charge in [-0.05, 0) is 11.2 Å². The monoisotopic (exact) mass is 282 g/mol. The van der Waals surface area contributed by atoms with Gasteiger partial charge in [0.2, 0.25) is 0 Å². The number of nitro groups is 1. The molecule has 0 atom stereocenters. The Balaban J connectivity index is 2.38. The quantitative estimate of drug-likeness (QED) is 0.408. The predicted octanol–water partition coefficient (Wildman–Crippen LogP) is 2.77. The first kappa shape index (κ1) is 12.8. The van der Waals surface area contributed by atoms with Crippen LogP contribution in [0.25, 0.3) is 0 Å². The van der Waals surface area contributed by atoms with E-state index in [2.05, 4.69) is 5.18 Å². The standard InChI is InChI=1S/C14H6N2O5/c17-13-7-3-1-2-4-8(7)14(18)11-9(13)5-6-10(16(20)21)12(11)15-19/h1-6H. The third-order valence-corrected chi connectivity index (χ3v) is 3.33. The van der Waals surface area contributed by atoms with Crippen LogP contribution in [0.2, 0.25) is 0 Å². The lowest BCUT2D eigenvalue weighted by atomic mass is 9.83. The van der Waals surface area contributed by atoms with E-state index >= 15 is 0 Å². The van der Waals surface area contributed by atoms with E-state index in [9.17, 15) is 24.6 Å². The summed E-state index contributed by atoms with van der Waals surface area (Å²) in [5, 5.41) is 13.5. The molecule has 0 bridgehead atoms. The molecule has 3 rings (SSSR count). The van der Waals surface area contributed by atoms with Gasteiger partial charge >= 0.3 is 0 Å². The van der Waals surface area contributed by atoms with Crippen molar-refractivity contribution in [2.75, 3.05) is 0 Å². The molecule has 0 aromatic heterocycles. The van der Waals surface area contributed by atoms with Crippen LogP contribution in [0.1, 0.15) is 31.8 Å². The van der Waals surface area contributed by atoms with Gasteiger partial charge in [0, 0.05) is 22.8 Å². The Kier molecular flexibility index (Phi) is 2.69. The number of benzene rings is 2. The minimum atomic E-state index is -0.810. The minimum Gasteiger partial charge on any atom is -0.289 e. The molecule has 0 heterocycles. The molecule has 2 aromatic rings. The number of carbonyl (C=O) groups is 2. The largest absolute Gasteiger partial charge is 0.299 e. The van der Waals surface area contributed by atoms with E-state index in [0.717, 1.165) is 6.07 Å². The van der Waals surface area contributed by atoms with Crippen molar-refractivity contribution >= 4 is 22.9 Å². The Morgan fingerprint density at radius 2 is 1.52 bits per heavy atom. The maximum Gasteiger partial charge on any atom is 0.299 e. The molecule has 0 aliphatic heterocycles. The molecule has 21 heavy (non-hydrogen) atoms. The summed E-state index contributed by atoms with van der Waals surface area (Å²) in [4.78, 5) is 45.8. The molecule has 2 aromatic carbocycles. The van der Waals surface area contributed by atoms with E-state index in [-0.39, 0.29) is 22.3 Å². The predicted molar refractivity (Wildman–Crippen MR) is 71.9 cm³/mol. The van der Waals surface area contributed by atoms with Crippen LogP contribution in [0.15, 0.2) is 41.6 Å². The Morgan fingerprint density at radius 1 is 0.905 bits per heavy atom. The molecule has 0 fully saturated rings. The van der Waals surface area contributed by atoms with E-state index in [1.807, 2.05) is 0 Å². The fourth-order valence-electron chi connectivity index (χ4n) is 2.40. The van der Waals surface area contributed by atoms with Crippen molar-refractivity contribution < 1.29 is 14.5 Å². The van der Waals surface area contributed by atoms with Crippen molar-refractivity contribution in [1.82, 2.24) is 0 Å². The van der Waals surface area contributed by atoms with Gasteiger partial charge in [-0.3, -0.25) is 19.7 Å². The molecule has 0 amide bonds. The van der Waals surface area contributed by atoms with Crippen molar-refractivity contribution in [3.8, 4) is 0 Å². The third-order valence-electron chi connectivity index (χ3n) is 3.33. The summed E-state index contributed by atoms with van der Waals surface area (Å²) in [5.41, 5.74) is -1.22. The van der Waals surface area contributed by atoms with Gasteiger partial charge < -0.3 is 0 Å². The second-order valence-corrected chi connectivity index (χ2v) is 4.41. The van der Waals surface area contributed by atoms with Crippen LogP contribution in [0.5, 0.6) is 0 Å². The number of nitro benzene ring substituents is 1. The average Bonchev–Trinajstić information content (AvgIpc) is 2.51. The first-order chi connectivity index (χ1) is 10.1. The molecule has 0 spiro atoms. The van der Waals surface area contributed by atoms with Gasteiger partial charge in [-0.25, -0.2) is 0 Å². The fourth-order valence-corrected chi connectivity index (χ4v) is 2.40. The lowest BCUT2D eigenvalue weighted by Crippen LogP contribution is -2.21. The van der Waals surface area contributed by atoms with Gasteiger partial charge in [0.05, 0.1) is 10.5 Å². The first-order valence-corrected chi connectivity index (χ1v) is 5.89. The van der Waals surface area contributed by atoms with Crippen LogP contribution in [0.4, 0.5) is 11.4 Å². The zero-order chi connectivity index (χ0) is 15.1. The Bertz CT molecular complexity index is 841. The summed E-state index contributed by atoms with van der Waals surface area (Å²) in [6, 6.07) is 8.30. The van der Waals surface area contributed by atoms with Crippen LogP contribution >= 0.6 is 0 Å². The number of carbonyl (C=O) groups excluding carboxylic acids is 2. The molecule has 0 N–H and O–H groups in total. The highest BCUT2D eigenvalue weighted by molar-refractivity contribution is 6.30. The summed E-state index contributed by atoms with van der Waals surface area (Å²) in [6.07, 6.45) is 0. The van der Waals surface area contributed by atoms with Crippen LogP contribution in [-0.4, -0.2) is 16.5 Å². The summed E-state index contributed by atoms with van der Waals surface area (Å²) in [6.45, 7) is 0. The zero-order valence-corrected chi connectivity index (χ0v) is 10.4. The molecule has 1 aliphatic carbocycles. The topological polar surface area (TPSA) is 107 Å².